The van der Waals surface area contributed by atoms with Gasteiger partial charge in [0.05, 0.1) is 16.6 Å². The number of ether oxygens (including phenoxy) is 4. The first-order valence-corrected chi connectivity index (χ1v) is 11.8. The second-order valence-corrected chi connectivity index (χ2v) is 8.35. The smallest absolute Gasteiger partial charge is 0.428 e. The van der Waals surface area contributed by atoms with Crippen molar-refractivity contribution >= 4 is 24.1 Å². The number of carbonyl (C=O) groups excluding carboxylic acids is 4. The molecule has 0 fully saturated rings. The number of benzene rings is 1. The van der Waals surface area contributed by atoms with Gasteiger partial charge in [0.25, 0.3) is 0 Å². The third-order valence-corrected chi connectivity index (χ3v) is 6.59. The van der Waals surface area contributed by atoms with Gasteiger partial charge in [-0.05, 0) is 48.9 Å². The van der Waals surface area contributed by atoms with E-state index < -0.39 is 48.2 Å². The Hall–Kier alpha value is -3.14. The fourth-order valence-electron chi connectivity index (χ4n) is 4.84. The first-order valence-electron chi connectivity index (χ1n) is 11.8. The van der Waals surface area contributed by atoms with Crippen molar-refractivity contribution in [3.8, 4) is 0 Å². The third-order valence-electron chi connectivity index (χ3n) is 6.59. The van der Waals surface area contributed by atoms with Gasteiger partial charge in [-0.3, -0.25) is 9.59 Å². The molecule has 0 amide bonds. The van der Waals surface area contributed by atoms with E-state index in [2.05, 4.69) is 0 Å². The zero-order chi connectivity index (χ0) is 26.4. The first-order chi connectivity index (χ1) is 16.5. The zero-order valence-corrected chi connectivity index (χ0v) is 21.5. The highest BCUT2D eigenvalue weighted by molar-refractivity contribution is 5.90. The van der Waals surface area contributed by atoms with E-state index in [1.807, 2.05) is 33.8 Å². The summed E-state index contributed by atoms with van der Waals surface area (Å²) < 4.78 is 19.8. The van der Waals surface area contributed by atoms with Gasteiger partial charge in [0.2, 0.25) is 13.1 Å². The Kier molecular flexibility index (Phi) is 9.25. The molecule has 0 bridgehead atoms. The van der Waals surface area contributed by atoms with E-state index in [9.17, 15) is 19.2 Å². The van der Waals surface area contributed by atoms with Gasteiger partial charge < -0.3 is 23.8 Å². The molecule has 10 nitrogen and oxygen atoms in total. The molecule has 2 rings (SSSR count). The lowest BCUT2D eigenvalue weighted by atomic mass is 9.82. The largest absolute Gasteiger partial charge is 0.531 e. The maximum absolute atomic E-state index is 12.7. The van der Waals surface area contributed by atoms with Crippen LogP contribution in [0.4, 0.5) is 4.79 Å². The highest BCUT2D eigenvalue weighted by Gasteiger charge is 2.58. The van der Waals surface area contributed by atoms with Crippen LogP contribution in [-0.2, 0) is 44.5 Å². The topological polar surface area (TPSA) is 118 Å². The van der Waals surface area contributed by atoms with Crippen molar-refractivity contribution in [3.63, 3.8) is 0 Å². The molecule has 0 N–H and O–H groups in total. The van der Waals surface area contributed by atoms with Crippen molar-refractivity contribution in [3.05, 3.63) is 34.9 Å². The summed E-state index contributed by atoms with van der Waals surface area (Å²) in [5, 5.41) is 1.68. The molecule has 0 saturated carbocycles. The van der Waals surface area contributed by atoms with Crippen LogP contribution in [0.25, 0.3) is 0 Å². The average molecular weight is 494 g/mol. The minimum Gasteiger partial charge on any atom is -0.428 e. The number of hydrogen-bond donors (Lipinski definition) is 0. The van der Waals surface area contributed by atoms with Gasteiger partial charge in [-0.15, -0.1) is 5.06 Å². The lowest BCUT2D eigenvalue weighted by Crippen LogP contribution is -2.51. The second kappa shape index (κ2) is 11.5. The van der Waals surface area contributed by atoms with Crippen molar-refractivity contribution in [2.45, 2.75) is 91.5 Å². The van der Waals surface area contributed by atoms with E-state index in [0.29, 0.717) is 25.7 Å². The van der Waals surface area contributed by atoms with Crippen LogP contribution in [0, 0.1) is 0 Å². The molecular weight excluding hydrogens is 458 g/mol. The molecule has 0 saturated heterocycles. The Morgan fingerprint density at radius 2 is 1.40 bits per heavy atom. The van der Waals surface area contributed by atoms with Crippen molar-refractivity contribution in [1.29, 1.82) is 0 Å². The van der Waals surface area contributed by atoms with Crippen LogP contribution in [-0.4, -0.2) is 42.2 Å². The quantitative estimate of drug-likeness (QED) is 0.335. The van der Waals surface area contributed by atoms with Crippen molar-refractivity contribution in [2.24, 2.45) is 0 Å². The van der Waals surface area contributed by atoms with Crippen molar-refractivity contribution in [2.75, 3.05) is 6.79 Å². The van der Waals surface area contributed by atoms with Crippen molar-refractivity contribution in [1.82, 2.24) is 5.06 Å². The summed E-state index contributed by atoms with van der Waals surface area (Å²) in [4.78, 5) is 53.3. The SMILES string of the molecule is CCC1(CC)c2ccc(C(=O)OCOC(C)=O)cc2C(CC)(CC)N1OC(=O)OC(C)OC(C)=O. The molecule has 0 aliphatic carbocycles. The van der Waals surface area contributed by atoms with Gasteiger partial charge in [-0.1, -0.05) is 33.8 Å². The first kappa shape index (κ1) is 28.1. The van der Waals surface area contributed by atoms with E-state index in [1.165, 1.54) is 20.8 Å². The van der Waals surface area contributed by atoms with Gasteiger partial charge in [-0.25, -0.2) is 9.59 Å². The minimum absolute atomic E-state index is 0.288. The molecule has 1 aliphatic heterocycles. The van der Waals surface area contributed by atoms with Crippen LogP contribution in [0.3, 0.4) is 0 Å². The molecular formula is C25H35NO9. The Balaban J connectivity index is 2.48. The lowest BCUT2D eigenvalue weighted by Gasteiger charge is -2.44. The fourth-order valence-corrected chi connectivity index (χ4v) is 4.84. The maximum Gasteiger partial charge on any atom is 0.531 e. The van der Waals surface area contributed by atoms with Gasteiger partial charge in [0, 0.05) is 20.8 Å². The molecule has 0 aromatic heterocycles. The molecule has 10 heteroatoms. The van der Waals surface area contributed by atoms with Crippen LogP contribution in [0.1, 0.15) is 95.6 Å². The molecule has 1 atom stereocenters. The summed E-state index contributed by atoms with van der Waals surface area (Å²) in [6, 6.07) is 5.24. The standard InChI is InChI=1S/C25H35NO9/c1-8-24(9-2)20-13-12-19(22(29)32-15-31-16(5)27)14-21(20)25(10-3,11-4)26(24)35-23(30)34-18(7)33-17(6)28/h12-14,18H,8-11,15H2,1-7H3. The van der Waals surface area contributed by atoms with Crippen LogP contribution in [0.15, 0.2) is 18.2 Å². The summed E-state index contributed by atoms with van der Waals surface area (Å²) in [5.74, 6) is -1.77. The normalized spacial score (nSPS) is 16.5. The summed E-state index contributed by atoms with van der Waals surface area (Å²) in [6.07, 6.45) is 0.250. The molecule has 1 heterocycles. The second-order valence-electron chi connectivity index (χ2n) is 8.35. The summed E-state index contributed by atoms with van der Waals surface area (Å²) in [6.45, 7) is 11.3. The summed E-state index contributed by atoms with van der Waals surface area (Å²) >= 11 is 0. The molecule has 0 radical (unpaired) electrons. The monoisotopic (exact) mass is 493 g/mol. The number of fused-ring (bicyclic) bond motifs is 1. The van der Waals surface area contributed by atoms with E-state index in [1.54, 1.807) is 17.2 Å². The lowest BCUT2D eigenvalue weighted by molar-refractivity contribution is -0.259. The number of hydrogen-bond acceptors (Lipinski definition) is 10. The summed E-state index contributed by atoms with van der Waals surface area (Å²) in [7, 11) is 0. The molecule has 194 valence electrons. The van der Waals surface area contributed by atoms with Crippen LogP contribution in [0.2, 0.25) is 0 Å². The molecule has 1 aliphatic rings. The minimum atomic E-state index is -1.11. The number of esters is 3. The molecule has 1 aromatic rings. The molecule has 1 unspecified atom stereocenters. The van der Waals surface area contributed by atoms with Gasteiger partial charge in [0.1, 0.15) is 0 Å². The Labute approximate surface area is 205 Å². The highest BCUT2D eigenvalue weighted by Crippen LogP contribution is 2.56. The Morgan fingerprint density at radius 1 is 0.829 bits per heavy atom. The van der Waals surface area contributed by atoms with Crippen molar-refractivity contribution < 1.29 is 43.0 Å². The van der Waals surface area contributed by atoms with Crippen LogP contribution >= 0.6 is 0 Å². The van der Waals surface area contributed by atoms with Crippen LogP contribution in [0.5, 0.6) is 0 Å². The van der Waals surface area contributed by atoms with Gasteiger partial charge in [-0.2, -0.15) is 0 Å². The average Bonchev–Trinajstić information content (AvgIpc) is 3.03. The van der Waals surface area contributed by atoms with E-state index in [0.717, 1.165) is 11.1 Å². The zero-order valence-electron chi connectivity index (χ0n) is 21.5. The molecule has 0 spiro atoms. The predicted octanol–water partition coefficient (Wildman–Crippen LogP) is 4.69. The predicted molar refractivity (Wildman–Crippen MR) is 124 cm³/mol. The number of rotatable bonds is 10. The molecule has 35 heavy (non-hydrogen) atoms. The number of carbonyl (C=O) groups is 4. The van der Waals surface area contributed by atoms with E-state index in [-0.39, 0.29) is 5.56 Å². The van der Waals surface area contributed by atoms with E-state index >= 15 is 0 Å². The van der Waals surface area contributed by atoms with Gasteiger partial charge >= 0.3 is 24.1 Å². The Morgan fingerprint density at radius 3 is 1.91 bits per heavy atom. The highest BCUT2D eigenvalue weighted by atomic mass is 16.9. The Bertz CT molecular complexity index is 950. The van der Waals surface area contributed by atoms with E-state index in [4.69, 9.17) is 23.8 Å². The molecule has 1 aromatic carbocycles. The maximum atomic E-state index is 12.7. The third kappa shape index (κ3) is 5.58. The van der Waals surface area contributed by atoms with Crippen LogP contribution < -0.4 is 0 Å². The number of nitrogens with zero attached hydrogens (tertiary/aromatic N) is 1. The van der Waals surface area contributed by atoms with Gasteiger partial charge in [0.15, 0.2) is 0 Å². The number of hydroxylamine groups is 2. The summed E-state index contributed by atoms with van der Waals surface area (Å²) in [5.41, 5.74) is 0.636. The fraction of sp³-hybridized carbons (Fsp3) is 0.600.